The van der Waals surface area contributed by atoms with Crippen LogP contribution in [-0.4, -0.2) is 27.2 Å². The number of aromatic nitrogens is 2. The largest absolute Gasteiger partial charge is 0.481 e. The third-order valence-corrected chi connectivity index (χ3v) is 3.80. The molecule has 0 saturated heterocycles. The Hall–Kier alpha value is -1.52. The SMILES string of the molecule is CCn1ccnc1NCC1CCC(C(=O)O)CC1. The van der Waals surface area contributed by atoms with Crippen LogP contribution in [0.4, 0.5) is 5.95 Å². The van der Waals surface area contributed by atoms with Crippen molar-refractivity contribution in [1.82, 2.24) is 9.55 Å². The van der Waals surface area contributed by atoms with Crippen LogP contribution in [0.5, 0.6) is 0 Å². The third-order valence-electron chi connectivity index (χ3n) is 3.80. The molecule has 0 atom stereocenters. The molecule has 0 aliphatic heterocycles. The van der Waals surface area contributed by atoms with Gasteiger partial charge in [0.25, 0.3) is 0 Å². The first kappa shape index (κ1) is 12.9. The van der Waals surface area contributed by atoms with E-state index in [9.17, 15) is 4.79 Å². The fraction of sp³-hybridized carbons (Fsp3) is 0.692. The van der Waals surface area contributed by atoms with E-state index in [-0.39, 0.29) is 5.92 Å². The molecule has 1 aromatic rings. The highest BCUT2D eigenvalue weighted by Gasteiger charge is 2.25. The van der Waals surface area contributed by atoms with Gasteiger partial charge < -0.3 is 15.0 Å². The number of hydrogen-bond acceptors (Lipinski definition) is 3. The maximum atomic E-state index is 10.9. The molecule has 0 spiro atoms. The highest BCUT2D eigenvalue weighted by molar-refractivity contribution is 5.69. The predicted octanol–water partition coefficient (Wildman–Crippen LogP) is 2.21. The van der Waals surface area contributed by atoms with Crippen LogP contribution in [-0.2, 0) is 11.3 Å². The van der Waals surface area contributed by atoms with Gasteiger partial charge in [-0.3, -0.25) is 4.79 Å². The zero-order valence-electron chi connectivity index (χ0n) is 10.8. The molecular weight excluding hydrogens is 230 g/mol. The van der Waals surface area contributed by atoms with Gasteiger partial charge in [-0.25, -0.2) is 4.98 Å². The second-order valence-electron chi connectivity index (χ2n) is 4.97. The lowest BCUT2D eigenvalue weighted by atomic mass is 9.82. The molecule has 18 heavy (non-hydrogen) atoms. The standard InChI is InChI=1S/C13H21N3O2/c1-2-16-8-7-14-13(16)15-9-10-3-5-11(6-4-10)12(17)18/h7-8,10-11H,2-6,9H2,1H3,(H,14,15)(H,17,18). The van der Waals surface area contributed by atoms with Gasteiger partial charge in [-0.2, -0.15) is 0 Å². The highest BCUT2D eigenvalue weighted by atomic mass is 16.4. The van der Waals surface area contributed by atoms with Crippen molar-refractivity contribution in [2.75, 3.05) is 11.9 Å². The van der Waals surface area contributed by atoms with Gasteiger partial charge in [0.2, 0.25) is 5.95 Å². The van der Waals surface area contributed by atoms with Crippen LogP contribution in [0.15, 0.2) is 12.4 Å². The molecule has 0 unspecified atom stereocenters. The number of nitrogens with zero attached hydrogens (tertiary/aromatic N) is 2. The van der Waals surface area contributed by atoms with Gasteiger partial charge in [0.1, 0.15) is 0 Å². The van der Waals surface area contributed by atoms with E-state index in [1.165, 1.54) is 0 Å². The molecule has 1 fully saturated rings. The zero-order valence-corrected chi connectivity index (χ0v) is 10.8. The minimum Gasteiger partial charge on any atom is -0.481 e. The Morgan fingerprint density at radius 2 is 2.22 bits per heavy atom. The number of imidazole rings is 1. The van der Waals surface area contributed by atoms with Crippen LogP contribution in [0.25, 0.3) is 0 Å². The second-order valence-corrected chi connectivity index (χ2v) is 4.97. The molecule has 1 aromatic heterocycles. The normalized spacial score (nSPS) is 23.8. The Bertz CT molecular complexity index is 395. The molecule has 5 nitrogen and oxygen atoms in total. The number of nitrogens with one attached hydrogen (secondary N) is 1. The summed E-state index contributed by atoms with van der Waals surface area (Å²) in [5.74, 6) is 0.724. The fourth-order valence-corrected chi connectivity index (χ4v) is 2.58. The Morgan fingerprint density at radius 3 is 2.83 bits per heavy atom. The molecule has 1 aliphatic carbocycles. The average Bonchev–Trinajstić information content (AvgIpc) is 2.84. The number of anilines is 1. The molecule has 0 aromatic carbocycles. The number of rotatable bonds is 5. The number of hydrogen-bond donors (Lipinski definition) is 2. The van der Waals surface area contributed by atoms with E-state index in [0.29, 0.717) is 5.92 Å². The van der Waals surface area contributed by atoms with Crippen LogP contribution in [0, 0.1) is 11.8 Å². The van der Waals surface area contributed by atoms with Crippen LogP contribution in [0.1, 0.15) is 32.6 Å². The van der Waals surface area contributed by atoms with Crippen molar-refractivity contribution in [3.63, 3.8) is 0 Å². The topological polar surface area (TPSA) is 67.2 Å². The minimum absolute atomic E-state index is 0.126. The maximum absolute atomic E-state index is 10.9. The lowest BCUT2D eigenvalue weighted by Gasteiger charge is -2.26. The average molecular weight is 251 g/mol. The molecule has 2 N–H and O–H groups in total. The molecule has 5 heteroatoms. The van der Waals surface area contributed by atoms with Gasteiger partial charge in [0, 0.05) is 25.5 Å². The lowest BCUT2D eigenvalue weighted by Crippen LogP contribution is -2.25. The van der Waals surface area contributed by atoms with E-state index < -0.39 is 5.97 Å². The first-order chi connectivity index (χ1) is 8.70. The third kappa shape index (κ3) is 3.03. The number of carbonyl (C=O) groups is 1. The van der Waals surface area contributed by atoms with Gasteiger partial charge in [0.15, 0.2) is 0 Å². The summed E-state index contributed by atoms with van der Waals surface area (Å²) in [6.07, 6.45) is 7.37. The summed E-state index contributed by atoms with van der Waals surface area (Å²) < 4.78 is 2.07. The molecule has 1 saturated carbocycles. The fourth-order valence-electron chi connectivity index (χ4n) is 2.58. The lowest BCUT2D eigenvalue weighted by molar-refractivity contribution is -0.143. The summed E-state index contributed by atoms with van der Waals surface area (Å²) in [6, 6.07) is 0. The summed E-state index contributed by atoms with van der Waals surface area (Å²) in [4.78, 5) is 15.1. The molecule has 0 amide bonds. The highest BCUT2D eigenvalue weighted by Crippen LogP contribution is 2.28. The molecule has 0 radical (unpaired) electrons. The van der Waals surface area contributed by atoms with E-state index in [4.69, 9.17) is 5.11 Å². The van der Waals surface area contributed by atoms with Crippen LogP contribution in [0.2, 0.25) is 0 Å². The number of carboxylic acid groups (broad SMARTS) is 1. The van der Waals surface area contributed by atoms with Gasteiger partial charge in [0.05, 0.1) is 5.92 Å². The zero-order chi connectivity index (χ0) is 13.0. The van der Waals surface area contributed by atoms with Crippen molar-refractivity contribution in [1.29, 1.82) is 0 Å². The first-order valence-electron chi connectivity index (χ1n) is 6.68. The van der Waals surface area contributed by atoms with Crippen LogP contribution >= 0.6 is 0 Å². The van der Waals surface area contributed by atoms with Crippen molar-refractivity contribution in [2.24, 2.45) is 11.8 Å². The van der Waals surface area contributed by atoms with Crippen LogP contribution < -0.4 is 5.32 Å². The molecular formula is C13H21N3O2. The number of carboxylic acids is 1. The Labute approximate surface area is 107 Å². The summed E-state index contributed by atoms with van der Waals surface area (Å²) in [5.41, 5.74) is 0. The summed E-state index contributed by atoms with van der Waals surface area (Å²) in [7, 11) is 0. The van der Waals surface area contributed by atoms with Gasteiger partial charge >= 0.3 is 5.97 Å². The maximum Gasteiger partial charge on any atom is 0.306 e. The quantitative estimate of drug-likeness (QED) is 0.842. The van der Waals surface area contributed by atoms with E-state index >= 15 is 0 Å². The van der Waals surface area contributed by atoms with Gasteiger partial charge in [-0.05, 0) is 38.5 Å². The molecule has 1 aliphatic rings. The predicted molar refractivity (Wildman–Crippen MR) is 69.5 cm³/mol. The van der Waals surface area contributed by atoms with E-state index in [0.717, 1.165) is 44.7 Å². The molecule has 2 rings (SSSR count). The van der Waals surface area contributed by atoms with E-state index in [1.54, 1.807) is 6.20 Å². The Balaban J connectivity index is 1.77. The van der Waals surface area contributed by atoms with Crippen LogP contribution in [0.3, 0.4) is 0 Å². The second kappa shape index (κ2) is 5.89. The van der Waals surface area contributed by atoms with Gasteiger partial charge in [-0.1, -0.05) is 0 Å². The Morgan fingerprint density at radius 1 is 1.50 bits per heavy atom. The smallest absolute Gasteiger partial charge is 0.306 e. The summed E-state index contributed by atoms with van der Waals surface area (Å²) in [6.45, 7) is 3.89. The number of aryl methyl sites for hydroxylation is 1. The number of aliphatic carboxylic acids is 1. The first-order valence-corrected chi connectivity index (χ1v) is 6.68. The molecule has 1 heterocycles. The molecule has 0 bridgehead atoms. The van der Waals surface area contributed by atoms with E-state index in [1.807, 2.05) is 6.20 Å². The summed E-state index contributed by atoms with van der Waals surface area (Å²) >= 11 is 0. The Kier molecular flexibility index (Phi) is 4.23. The van der Waals surface area contributed by atoms with Crippen molar-refractivity contribution >= 4 is 11.9 Å². The monoisotopic (exact) mass is 251 g/mol. The van der Waals surface area contributed by atoms with Crippen molar-refractivity contribution in [3.8, 4) is 0 Å². The minimum atomic E-state index is -0.636. The molecule has 100 valence electrons. The summed E-state index contributed by atoms with van der Waals surface area (Å²) in [5, 5.41) is 12.3. The van der Waals surface area contributed by atoms with Crippen molar-refractivity contribution in [3.05, 3.63) is 12.4 Å². The van der Waals surface area contributed by atoms with Crippen molar-refractivity contribution in [2.45, 2.75) is 39.2 Å². The van der Waals surface area contributed by atoms with Gasteiger partial charge in [-0.15, -0.1) is 0 Å². The van der Waals surface area contributed by atoms with E-state index in [2.05, 4.69) is 21.8 Å². The van der Waals surface area contributed by atoms with Crippen molar-refractivity contribution < 1.29 is 9.90 Å².